The normalized spacial score (nSPS) is 14.7. The van der Waals surface area contributed by atoms with Crippen LogP contribution in [0.1, 0.15) is 41.6 Å². The minimum atomic E-state index is -0.300. The molecule has 1 aliphatic heterocycles. The first kappa shape index (κ1) is 19.1. The average Bonchev–Trinajstić information content (AvgIpc) is 3.18. The number of rotatable bonds is 4. The van der Waals surface area contributed by atoms with Gasteiger partial charge in [-0.1, -0.05) is 30.3 Å². The molecule has 4 rings (SSSR count). The second-order valence-electron chi connectivity index (χ2n) is 7.39. The molecule has 6 heteroatoms. The van der Waals surface area contributed by atoms with Gasteiger partial charge < -0.3 is 20.5 Å². The molecule has 2 aromatic carbocycles. The van der Waals surface area contributed by atoms with Crippen LogP contribution in [0.15, 0.2) is 54.7 Å². The quantitative estimate of drug-likeness (QED) is 0.620. The number of nitrogens with zero attached hydrogens (tertiary/aromatic N) is 1. The van der Waals surface area contributed by atoms with E-state index in [-0.39, 0.29) is 11.9 Å². The van der Waals surface area contributed by atoms with Crippen molar-refractivity contribution >= 4 is 28.5 Å². The minimum absolute atomic E-state index is 0.0326. The fraction of sp³-hybridized carbons (Fsp3) is 0.304. The Morgan fingerprint density at radius 1 is 1.07 bits per heavy atom. The van der Waals surface area contributed by atoms with Crippen molar-refractivity contribution in [3.8, 4) is 0 Å². The summed E-state index contributed by atoms with van der Waals surface area (Å²) in [4.78, 5) is 30.3. The molecule has 0 aliphatic carbocycles. The zero-order valence-corrected chi connectivity index (χ0v) is 16.6. The third kappa shape index (κ3) is 3.97. The van der Waals surface area contributed by atoms with E-state index in [0.717, 1.165) is 18.4 Å². The highest BCUT2D eigenvalue weighted by molar-refractivity contribution is 6.03. The fourth-order valence-corrected chi connectivity index (χ4v) is 4.10. The van der Waals surface area contributed by atoms with Crippen molar-refractivity contribution in [3.05, 3.63) is 65.9 Å². The molecule has 3 N–H and O–H groups in total. The van der Waals surface area contributed by atoms with Crippen LogP contribution in [0, 0.1) is 0 Å². The first-order valence-corrected chi connectivity index (χ1v) is 10.2. The van der Waals surface area contributed by atoms with Gasteiger partial charge in [0.15, 0.2) is 0 Å². The van der Waals surface area contributed by atoms with Crippen molar-refractivity contribution in [1.82, 2.24) is 15.2 Å². The summed E-state index contributed by atoms with van der Waals surface area (Å²) in [5.41, 5.74) is 3.57. The van der Waals surface area contributed by atoms with Crippen LogP contribution in [-0.2, 0) is 0 Å². The highest BCUT2D eigenvalue weighted by Gasteiger charge is 2.27. The molecule has 0 unspecified atom stereocenters. The first-order valence-electron chi connectivity index (χ1n) is 10.2. The van der Waals surface area contributed by atoms with Crippen LogP contribution in [0.2, 0.25) is 0 Å². The van der Waals surface area contributed by atoms with Gasteiger partial charge in [0.25, 0.3) is 5.91 Å². The Labute approximate surface area is 170 Å². The highest BCUT2D eigenvalue weighted by atomic mass is 16.2. The van der Waals surface area contributed by atoms with E-state index in [4.69, 9.17) is 0 Å². The molecule has 0 spiro atoms. The summed E-state index contributed by atoms with van der Waals surface area (Å²) in [6.45, 7) is 3.80. The number of urea groups is 1. The van der Waals surface area contributed by atoms with Gasteiger partial charge in [-0.15, -0.1) is 0 Å². The largest absolute Gasteiger partial charge is 0.361 e. The summed E-state index contributed by atoms with van der Waals surface area (Å²) in [5, 5.41) is 6.75. The predicted molar refractivity (Wildman–Crippen MR) is 115 cm³/mol. The lowest BCUT2D eigenvalue weighted by atomic mass is 9.89. The number of H-pyrrole nitrogens is 1. The summed E-state index contributed by atoms with van der Waals surface area (Å²) in [5.74, 6) is 0.411. The predicted octanol–water partition coefficient (Wildman–Crippen LogP) is 4.33. The zero-order valence-electron chi connectivity index (χ0n) is 16.6. The second-order valence-corrected chi connectivity index (χ2v) is 7.39. The molecular weight excluding hydrogens is 364 g/mol. The monoisotopic (exact) mass is 390 g/mol. The summed E-state index contributed by atoms with van der Waals surface area (Å²) in [6.07, 6.45) is 3.97. The molecule has 6 nitrogen and oxygen atoms in total. The SMILES string of the molecule is CCNC(=O)Nc1ccccc1C(=O)N1CCC(c2c[nH]c3ccccc23)CC1. The van der Waals surface area contributed by atoms with Crippen LogP contribution in [0.25, 0.3) is 10.9 Å². The summed E-state index contributed by atoms with van der Waals surface area (Å²) in [7, 11) is 0. The Hall–Kier alpha value is -3.28. The van der Waals surface area contributed by atoms with E-state index in [2.05, 4.69) is 40.0 Å². The van der Waals surface area contributed by atoms with Gasteiger partial charge in [0.2, 0.25) is 0 Å². The Morgan fingerprint density at radius 3 is 2.59 bits per heavy atom. The molecule has 0 atom stereocenters. The molecule has 3 amide bonds. The van der Waals surface area contributed by atoms with E-state index in [1.165, 1.54) is 10.9 Å². The van der Waals surface area contributed by atoms with Crippen LogP contribution in [0.3, 0.4) is 0 Å². The molecule has 2 heterocycles. The molecule has 1 fully saturated rings. The van der Waals surface area contributed by atoms with Crippen LogP contribution in [0.5, 0.6) is 0 Å². The number of anilines is 1. The molecule has 3 aromatic rings. The third-order valence-corrected chi connectivity index (χ3v) is 5.59. The Morgan fingerprint density at radius 2 is 1.79 bits per heavy atom. The first-order chi connectivity index (χ1) is 14.2. The molecule has 0 bridgehead atoms. The van der Waals surface area contributed by atoms with Crippen molar-refractivity contribution in [2.24, 2.45) is 0 Å². The number of likely N-dealkylation sites (tertiary alicyclic amines) is 1. The number of amides is 3. The van der Waals surface area contributed by atoms with E-state index < -0.39 is 0 Å². The number of fused-ring (bicyclic) bond motifs is 1. The molecular formula is C23H26N4O2. The van der Waals surface area contributed by atoms with Gasteiger partial charge in [0.1, 0.15) is 0 Å². The van der Waals surface area contributed by atoms with Crippen molar-refractivity contribution in [1.29, 1.82) is 0 Å². The van der Waals surface area contributed by atoms with Crippen LogP contribution < -0.4 is 10.6 Å². The smallest absolute Gasteiger partial charge is 0.319 e. The van der Waals surface area contributed by atoms with Gasteiger partial charge in [-0.25, -0.2) is 4.79 Å². The number of carbonyl (C=O) groups is 2. The molecule has 1 aromatic heterocycles. The number of aromatic nitrogens is 1. The molecule has 0 radical (unpaired) electrons. The maximum Gasteiger partial charge on any atom is 0.319 e. The van der Waals surface area contributed by atoms with Crippen molar-refractivity contribution < 1.29 is 9.59 Å². The summed E-state index contributed by atoms with van der Waals surface area (Å²) >= 11 is 0. The van der Waals surface area contributed by atoms with Crippen LogP contribution in [0.4, 0.5) is 10.5 Å². The number of benzene rings is 2. The Balaban J connectivity index is 1.45. The lowest BCUT2D eigenvalue weighted by Crippen LogP contribution is -2.38. The van der Waals surface area contributed by atoms with Crippen molar-refractivity contribution in [2.75, 3.05) is 25.0 Å². The lowest BCUT2D eigenvalue weighted by Gasteiger charge is -2.32. The van der Waals surface area contributed by atoms with Gasteiger partial charge in [-0.3, -0.25) is 4.79 Å². The minimum Gasteiger partial charge on any atom is -0.361 e. The maximum atomic E-state index is 13.1. The van der Waals surface area contributed by atoms with E-state index >= 15 is 0 Å². The topological polar surface area (TPSA) is 77.2 Å². The second kappa shape index (κ2) is 8.39. The van der Waals surface area contributed by atoms with Gasteiger partial charge in [0, 0.05) is 36.7 Å². The maximum absolute atomic E-state index is 13.1. The van der Waals surface area contributed by atoms with Crippen LogP contribution >= 0.6 is 0 Å². The van der Waals surface area contributed by atoms with Crippen molar-refractivity contribution in [2.45, 2.75) is 25.7 Å². The van der Waals surface area contributed by atoms with Gasteiger partial charge >= 0.3 is 6.03 Å². The molecule has 29 heavy (non-hydrogen) atoms. The van der Waals surface area contributed by atoms with Gasteiger partial charge in [-0.2, -0.15) is 0 Å². The third-order valence-electron chi connectivity index (χ3n) is 5.59. The summed E-state index contributed by atoms with van der Waals surface area (Å²) < 4.78 is 0. The lowest BCUT2D eigenvalue weighted by molar-refractivity contribution is 0.0714. The number of carbonyl (C=O) groups excluding carboxylic acids is 2. The number of nitrogens with one attached hydrogen (secondary N) is 3. The van der Waals surface area contributed by atoms with Gasteiger partial charge in [0.05, 0.1) is 11.3 Å². The Bertz CT molecular complexity index is 1020. The summed E-state index contributed by atoms with van der Waals surface area (Å²) in [6, 6.07) is 15.2. The fourth-order valence-electron chi connectivity index (χ4n) is 4.10. The average molecular weight is 390 g/mol. The molecule has 0 saturated carbocycles. The molecule has 1 aliphatic rings. The van der Waals surface area contributed by atoms with E-state index in [0.29, 0.717) is 36.8 Å². The van der Waals surface area contributed by atoms with Gasteiger partial charge in [-0.05, 0) is 49.4 Å². The molecule has 150 valence electrons. The number of hydrogen-bond donors (Lipinski definition) is 3. The zero-order chi connectivity index (χ0) is 20.2. The van der Waals surface area contributed by atoms with E-state index in [9.17, 15) is 9.59 Å². The Kier molecular flexibility index (Phi) is 5.51. The van der Waals surface area contributed by atoms with E-state index in [1.807, 2.05) is 30.0 Å². The highest BCUT2D eigenvalue weighted by Crippen LogP contribution is 2.33. The van der Waals surface area contributed by atoms with Crippen LogP contribution in [-0.4, -0.2) is 41.5 Å². The number of aromatic amines is 1. The standard InChI is InChI=1S/C23H26N4O2/c1-2-24-23(29)26-21-10-6-4-8-18(21)22(28)27-13-11-16(12-14-27)19-15-25-20-9-5-3-7-17(19)20/h3-10,15-16,25H,2,11-14H2,1H3,(H2,24,26,29). The number of hydrogen-bond acceptors (Lipinski definition) is 2. The van der Waals surface area contributed by atoms with E-state index in [1.54, 1.807) is 12.1 Å². The van der Waals surface area contributed by atoms with Crippen molar-refractivity contribution in [3.63, 3.8) is 0 Å². The molecule has 1 saturated heterocycles. The number of para-hydroxylation sites is 2. The number of piperidine rings is 1.